The van der Waals surface area contributed by atoms with E-state index in [0.29, 0.717) is 11.3 Å². The Morgan fingerprint density at radius 2 is 1.47 bits per heavy atom. The van der Waals surface area contributed by atoms with Crippen molar-refractivity contribution in [3.05, 3.63) is 95.6 Å². The van der Waals surface area contributed by atoms with Crippen molar-refractivity contribution in [2.45, 2.75) is 17.9 Å². The first kappa shape index (κ1) is 21.3. The second-order valence-corrected chi connectivity index (χ2v) is 8.86. The minimum atomic E-state index is -3.38. The van der Waals surface area contributed by atoms with Gasteiger partial charge in [-0.05, 0) is 43.3 Å². The van der Waals surface area contributed by atoms with E-state index in [1.807, 2.05) is 19.1 Å². The number of carbonyl (C=O) groups excluding carboxylic acids is 2. The Bertz CT molecular complexity index is 1140. The summed E-state index contributed by atoms with van der Waals surface area (Å²) in [6.45, 7) is 1.94. The van der Waals surface area contributed by atoms with Crippen molar-refractivity contribution in [1.82, 2.24) is 0 Å². The number of aryl methyl sites for hydroxylation is 1. The first-order valence-corrected chi connectivity index (χ1v) is 11.1. The van der Waals surface area contributed by atoms with E-state index in [0.717, 1.165) is 11.8 Å². The smallest absolute Gasteiger partial charge is 0.339 e. The first-order valence-electron chi connectivity index (χ1n) is 9.17. The number of amides is 1. The quantitative estimate of drug-likeness (QED) is 0.607. The van der Waals surface area contributed by atoms with Gasteiger partial charge in [0.1, 0.15) is 0 Å². The molecule has 0 bridgehead atoms. The number of benzene rings is 3. The lowest BCUT2D eigenvalue weighted by Gasteiger charge is -2.18. The van der Waals surface area contributed by atoms with Crippen LogP contribution in [0, 0.1) is 6.92 Å². The summed E-state index contributed by atoms with van der Waals surface area (Å²) in [5.41, 5.74) is 2.30. The molecule has 0 radical (unpaired) electrons. The molecule has 1 amide bonds. The highest BCUT2D eigenvalue weighted by Gasteiger charge is 2.26. The Kier molecular flexibility index (Phi) is 6.32. The predicted molar refractivity (Wildman–Crippen MR) is 114 cm³/mol. The molecule has 0 fully saturated rings. The largest absolute Gasteiger partial charge is 0.444 e. The molecule has 154 valence electrons. The molecule has 3 aromatic carbocycles. The fraction of sp³-hybridized carbons (Fsp3) is 0.130. The minimum Gasteiger partial charge on any atom is -0.444 e. The monoisotopic (exact) mass is 423 g/mol. The minimum absolute atomic E-state index is 0.0933. The average molecular weight is 423 g/mol. The number of nitrogens with one attached hydrogen (secondary N) is 1. The molecule has 0 spiro atoms. The van der Waals surface area contributed by atoms with Crippen molar-refractivity contribution in [3.8, 4) is 0 Å². The van der Waals surface area contributed by atoms with E-state index in [1.165, 1.54) is 24.3 Å². The van der Waals surface area contributed by atoms with Crippen LogP contribution in [0.2, 0.25) is 0 Å². The van der Waals surface area contributed by atoms with Crippen LogP contribution in [0.1, 0.15) is 27.6 Å². The van der Waals surface area contributed by atoms with Gasteiger partial charge in [0.05, 0.1) is 10.5 Å². The summed E-state index contributed by atoms with van der Waals surface area (Å²) in [6, 6.07) is 21.3. The summed E-state index contributed by atoms with van der Waals surface area (Å²) in [5.74, 6) is -1.23. The van der Waals surface area contributed by atoms with Crippen LogP contribution in [0.15, 0.2) is 83.8 Å². The molecule has 0 saturated carbocycles. The standard InChI is InChI=1S/C23H21NO5S/c1-16-8-12-19(13-9-16)24-22(25)21(17-6-4-3-5-7-17)29-23(26)18-10-14-20(15-11-18)30(2,27)28/h3-15,21H,1-2H3,(H,24,25). The van der Waals surface area contributed by atoms with Gasteiger partial charge < -0.3 is 10.1 Å². The lowest BCUT2D eigenvalue weighted by Crippen LogP contribution is -2.26. The second-order valence-electron chi connectivity index (χ2n) is 6.85. The van der Waals surface area contributed by atoms with Crippen molar-refractivity contribution in [2.75, 3.05) is 11.6 Å². The summed E-state index contributed by atoms with van der Waals surface area (Å²) < 4.78 is 28.7. The highest BCUT2D eigenvalue weighted by atomic mass is 32.2. The van der Waals surface area contributed by atoms with E-state index >= 15 is 0 Å². The fourth-order valence-corrected chi connectivity index (χ4v) is 3.39. The maximum atomic E-state index is 12.9. The highest BCUT2D eigenvalue weighted by Crippen LogP contribution is 2.22. The molecule has 0 aliphatic heterocycles. The van der Waals surface area contributed by atoms with Crippen LogP contribution in [0.3, 0.4) is 0 Å². The number of anilines is 1. The fourth-order valence-electron chi connectivity index (χ4n) is 2.76. The van der Waals surface area contributed by atoms with Crippen LogP contribution in [0.5, 0.6) is 0 Å². The van der Waals surface area contributed by atoms with Gasteiger partial charge >= 0.3 is 5.97 Å². The number of esters is 1. The normalized spacial score (nSPS) is 12.1. The molecule has 3 aromatic rings. The van der Waals surface area contributed by atoms with Gasteiger partial charge in [0.2, 0.25) is 6.10 Å². The molecule has 6 nitrogen and oxygen atoms in total. The van der Waals surface area contributed by atoms with E-state index in [-0.39, 0.29) is 10.5 Å². The molecule has 1 N–H and O–H groups in total. The third kappa shape index (κ3) is 5.33. The summed E-state index contributed by atoms with van der Waals surface area (Å²) >= 11 is 0. The van der Waals surface area contributed by atoms with Crippen LogP contribution < -0.4 is 5.32 Å². The molecule has 0 saturated heterocycles. The molecular weight excluding hydrogens is 402 g/mol. The molecule has 0 aromatic heterocycles. The SMILES string of the molecule is Cc1ccc(NC(=O)C(OC(=O)c2ccc(S(C)(=O)=O)cc2)c2ccccc2)cc1. The second kappa shape index (κ2) is 8.92. The number of sulfone groups is 1. The van der Waals surface area contributed by atoms with Gasteiger partial charge in [-0.3, -0.25) is 4.79 Å². The van der Waals surface area contributed by atoms with Crippen molar-refractivity contribution < 1.29 is 22.7 Å². The van der Waals surface area contributed by atoms with E-state index in [4.69, 9.17) is 4.74 Å². The van der Waals surface area contributed by atoms with Gasteiger partial charge in [0.15, 0.2) is 9.84 Å². The summed E-state index contributed by atoms with van der Waals surface area (Å²) in [4.78, 5) is 25.6. The van der Waals surface area contributed by atoms with Gasteiger partial charge in [0.25, 0.3) is 5.91 Å². The average Bonchev–Trinajstić information content (AvgIpc) is 2.73. The third-order valence-corrected chi connectivity index (χ3v) is 5.53. The molecule has 7 heteroatoms. The predicted octanol–water partition coefficient (Wildman–Crippen LogP) is 3.94. The van der Waals surface area contributed by atoms with Crippen LogP contribution in [0.4, 0.5) is 5.69 Å². The zero-order valence-corrected chi connectivity index (χ0v) is 17.3. The van der Waals surface area contributed by atoms with Crippen LogP contribution in [-0.4, -0.2) is 26.6 Å². The van der Waals surface area contributed by atoms with Crippen molar-refractivity contribution in [3.63, 3.8) is 0 Å². The highest BCUT2D eigenvalue weighted by molar-refractivity contribution is 7.90. The Labute approximate surface area is 175 Å². The van der Waals surface area contributed by atoms with E-state index in [2.05, 4.69) is 5.32 Å². The van der Waals surface area contributed by atoms with Crippen LogP contribution in [0.25, 0.3) is 0 Å². The van der Waals surface area contributed by atoms with Crippen molar-refractivity contribution in [1.29, 1.82) is 0 Å². The maximum Gasteiger partial charge on any atom is 0.339 e. The molecule has 30 heavy (non-hydrogen) atoms. The van der Waals surface area contributed by atoms with Crippen molar-refractivity contribution >= 4 is 27.4 Å². The molecule has 1 unspecified atom stereocenters. The number of carbonyl (C=O) groups is 2. The Hall–Kier alpha value is -3.45. The Balaban J connectivity index is 1.83. The van der Waals surface area contributed by atoms with Gasteiger partial charge in [-0.25, -0.2) is 13.2 Å². The maximum absolute atomic E-state index is 12.9. The van der Waals surface area contributed by atoms with E-state index in [9.17, 15) is 18.0 Å². The third-order valence-electron chi connectivity index (χ3n) is 4.40. The summed E-state index contributed by atoms with van der Waals surface area (Å²) in [7, 11) is -3.38. The number of hydrogen-bond acceptors (Lipinski definition) is 5. The van der Waals surface area contributed by atoms with E-state index < -0.39 is 27.8 Å². The van der Waals surface area contributed by atoms with Crippen molar-refractivity contribution in [2.24, 2.45) is 0 Å². The molecular formula is C23H21NO5S. The summed E-state index contributed by atoms with van der Waals surface area (Å²) in [6.07, 6.45) is -0.0872. The van der Waals surface area contributed by atoms with Gasteiger partial charge in [-0.1, -0.05) is 48.0 Å². The Morgan fingerprint density at radius 1 is 0.867 bits per heavy atom. The van der Waals surface area contributed by atoms with Gasteiger partial charge in [0, 0.05) is 17.5 Å². The number of ether oxygens (including phenoxy) is 1. The lowest BCUT2D eigenvalue weighted by molar-refractivity contribution is -0.125. The number of hydrogen-bond donors (Lipinski definition) is 1. The lowest BCUT2D eigenvalue weighted by atomic mass is 10.1. The topological polar surface area (TPSA) is 89.5 Å². The molecule has 1 atom stereocenters. The molecule has 0 heterocycles. The van der Waals surface area contributed by atoms with Gasteiger partial charge in [-0.15, -0.1) is 0 Å². The zero-order valence-electron chi connectivity index (χ0n) is 16.5. The van der Waals surface area contributed by atoms with Crippen LogP contribution >= 0.6 is 0 Å². The number of rotatable bonds is 6. The molecule has 0 aliphatic rings. The first-order chi connectivity index (χ1) is 14.2. The van der Waals surface area contributed by atoms with Crippen LogP contribution in [-0.2, 0) is 19.4 Å². The zero-order chi connectivity index (χ0) is 21.7. The molecule has 0 aliphatic carbocycles. The van der Waals surface area contributed by atoms with E-state index in [1.54, 1.807) is 42.5 Å². The summed E-state index contributed by atoms with van der Waals surface area (Å²) in [5, 5.41) is 2.76. The Morgan fingerprint density at radius 3 is 2.03 bits per heavy atom. The molecule has 3 rings (SSSR count). The van der Waals surface area contributed by atoms with Gasteiger partial charge in [-0.2, -0.15) is 0 Å².